The van der Waals surface area contributed by atoms with Gasteiger partial charge in [0.15, 0.2) is 0 Å². The normalized spacial score (nSPS) is 18.1. The van der Waals surface area contributed by atoms with Gasteiger partial charge >= 0.3 is 0 Å². The van der Waals surface area contributed by atoms with Gasteiger partial charge in [0.25, 0.3) is 5.91 Å². The summed E-state index contributed by atoms with van der Waals surface area (Å²) in [5.41, 5.74) is 6.62. The maximum absolute atomic E-state index is 13.0. The van der Waals surface area contributed by atoms with Gasteiger partial charge in [0.1, 0.15) is 6.04 Å². The Hall–Kier alpha value is -3.74. The highest BCUT2D eigenvalue weighted by molar-refractivity contribution is 6.05. The van der Waals surface area contributed by atoms with Crippen LogP contribution >= 0.6 is 0 Å². The van der Waals surface area contributed by atoms with Gasteiger partial charge in [-0.05, 0) is 35.6 Å². The van der Waals surface area contributed by atoms with Gasteiger partial charge in [-0.25, -0.2) is 4.98 Å². The quantitative estimate of drug-likeness (QED) is 0.626. The number of imide groups is 1. The number of rotatable bonds is 4. The van der Waals surface area contributed by atoms with Gasteiger partial charge in [-0.2, -0.15) is 0 Å². The number of aromatic nitrogens is 2. The Morgan fingerprint density at radius 2 is 1.76 bits per heavy atom. The summed E-state index contributed by atoms with van der Waals surface area (Å²) in [4.78, 5) is 43.0. The van der Waals surface area contributed by atoms with Crippen LogP contribution in [-0.4, -0.2) is 38.2 Å². The molecule has 2 aliphatic rings. The molecule has 1 unspecified atom stereocenters. The molecule has 168 valence electrons. The van der Waals surface area contributed by atoms with Crippen molar-refractivity contribution >= 4 is 17.7 Å². The van der Waals surface area contributed by atoms with Crippen molar-refractivity contribution in [1.29, 1.82) is 0 Å². The van der Waals surface area contributed by atoms with Gasteiger partial charge in [-0.15, -0.1) is 0 Å². The largest absolute Gasteiger partial charge is 0.333 e. The van der Waals surface area contributed by atoms with Gasteiger partial charge in [0, 0.05) is 36.7 Å². The molecule has 2 aliphatic heterocycles. The van der Waals surface area contributed by atoms with Crippen molar-refractivity contribution in [1.82, 2.24) is 19.8 Å². The number of aryl methyl sites for hydroxylation is 1. The third kappa shape index (κ3) is 3.63. The maximum atomic E-state index is 13.0. The minimum Gasteiger partial charge on any atom is -0.333 e. The van der Waals surface area contributed by atoms with Gasteiger partial charge in [-0.1, -0.05) is 44.2 Å². The Morgan fingerprint density at radius 3 is 2.45 bits per heavy atom. The van der Waals surface area contributed by atoms with Crippen LogP contribution in [0.2, 0.25) is 0 Å². The molecule has 1 aromatic heterocycles. The summed E-state index contributed by atoms with van der Waals surface area (Å²) in [6.45, 7) is 4.70. The average molecular weight is 443 g/mol. The van der Waals surface area contributed by atoms with E-state index >= 15 is 0 Å². The molecule has 1 saturated heterocycles. The van der Waals surface area contributed by atoms with E-state index in [0.29, 0.717) is 24.4 Å². The van der Waals surface area contributed by atoms with Crippen LogP contribution in [0.25, 0.3) is 22.5 Å². The van der Waals surface area contributed by atoms with Crippen molar-refractivity contribution in [2.24, 2.45) is 7.05 Å². The predicted octanol–water partition coefficient (Wildman–Crippen LogP) is 3.64. The van der Waals surface area contributed by atoms with Gasteiger partial charge in [0.2, 0.25) is 11.8 Å². The molecule has 1 N–H and O–H groups in total. The van der Waals surface area contributed by atoms with Crippen LogP contribution in [0.15, 0.2) is 48.8 Å². The molecule has 7 nitrogen and oxygen atoms in total. The van der Waals surface area contributed by atoms with Crippen molar-refractivity contribution < 1.29 is 14.4 Å². The Bertz CT molecular complexity index is 1270. The van der Waals surface area contributed by atoms with Crippen LogP contribution in [0.5, 0.6) is 0 Å². The van der Waals surface area contributed by atoms with E-state index in [1.54, 1.807) is 11.2 Å². The minimum absolute atomic E-state index is 0.170. The minimum atomic E-state index is -0.615. The van der Waals surface area contributed by atoms with E-state index in [1.165, 1.54) is 5.56 Å². The third-order valence-corrected chi connectivity index (χ3v) is 6.58. The molecule has 7 heteroatoms. The van der Waals surface area contributed by atoms with Gasteiger partial charge < -0.3 is 9.47 Å². The number of nitrogens with one attached hydrogen (secondary N) is 1. The number of hydrogen-bond acceptors (Lipinski definition) is 4. The van der Waals surface area contributed by atoms with E-state index in [2.05, 4.69) is 48.4 Å². The summed E-state index contributed by atoms with van der Waals surface area (Å²) >= 11 is 0. The fourth-order valence-electron chi connectivity index (χ4n) is 4.73. The van der Waals surface area contributed by atoms with E-state index < -0.39 is 11.9 Å². The highest BCUT2D eigenvalue weighted by Gasteiger charge is 2.39. The van der Waals surface area contributed by atoms with Crippen LogP contribution in [-0.2, 0) is 23.2 Å². The Labute approximate surface area is 192 Å². The lowest BCUT2D eigenvalue weighted by Gasteiger charge is -2.29. The molecule has 5 rings (SSSR count). The number of benzene rings is 2. The molecule has 0 spiro atoms. The van der Waals surface area contributed by atoms with Crippen LogP contribution in [0, 0.1) is 0 Å². The zero-order valence-corrected chi connectivity index (χ0v) is 19.0. The zero-order valence-electron chi connectivity index (χ0n) is 19.0. The monoisotopic (exact) mass is 442 g/mol. The van der Waals surface area contributed by atoms with Crippen molar-refractivity contribution in [2.75, 3.05) is 0 Å². The molecule has 3 heterocycles. The summed E-state index contributed by atoms with van der Waals surface area (Å²) in [6, 6.07) is 13.7. The molecular weight excluding hydrogens is 416 g/mol. The second kappa shape index (κ2) is 7.99. The van der Waals surface area contributed by atoms with E-state index in [9.17, 15) is 14.4 Å². The molecule has 33 heavy (non-hydrogen) atoms. The maximum Gasteiger partial charge on any atom is 0.255 e. The highest BCUT2D eigenvalue weighted by Crippen LogP contribution is 2.35. The number of hydrogen-bond donors (Lipinski definition) is 1. The summed E-state index contributed by atoms with van der Waals surface area (Å²) < 4.78 is 2.01. The van der Waals surface area contributed by atoms with Crippen LogP contribution in [0.3, 0.4) is 0 Å². The second-order valence-corrected chi connectivity index (χ2v) is 9.10. The predicted molar refractivity (Wildman–Crippen MR) is 124 cm³/mol. The number of nitrogens with zero attached hydrogens (tertiary/aromatic N) is 3. The molecule has 2 aromatic carbocycles. The molecule has 0 aliphatic carbocycles. The number of carbonyl (C=O) groups is 3. The summed E-state index contributed by atoms with van der Waals surface area (Å²) in [5, 5.41) is 2.35. The standard InChI is InChI=1S/C26H26N4O3/c1-15(2)16-4-6-17(7-5-16)24-23(27-14-29(24)3)18-8-9-20-19(12-18)13-30(26(20)33)21-10-11-22(31)28-25(21)32/h4-9,12,14-15,21H,10-11,13H2,1-3H3,(H,28,31,32). The molecule has 1 fully saturated rings. The van der Waals surface area contributed by atoms with E-state index in [1.807, 2.05) is 29.8 Å². The van der Waals surface area contributed by atoms with E-state index in [4.69, 9.17) is 0 Å². The summed E-state index contributed by atoms with van der Waals surface area (Å²) in [7, 11) is 1.98. The lowest BCUT2D eigenvalue weighted by molar-refractivity contribution is -0.136. The first-order valence-corrected chi connectivity index (χ1v) is 11.2. The molecular formula is C26H26N4O3. The molecule has 1 atom stereocenters. The first-order valence-electron chi connectivity index (χ1n) is 11.2. The number of piperidine rings is 1. The Morgan fingerprint density at radius 1 is 1.03 bits per heavy atom. The number of carbonyl (C=O) groups excluding carboxylic acids is 3. The summed E-state index contributed by atoms with van der Waals surface area (Å²) in [6.07, 6.45) is 2.40. The first kappa shape index (κ1) is 21.1. The SMILES string of the molecule is CC(C)c1ccc(-c2c(-c3ccc4c(c3)CN(C3CCC(=O)NC3=O)C4=O)ncn2C)cc1. The smallest absolute Gasteiger partial charge is 0.255 e. The first-order chi connectivity index (χ1) is 15.8. The van der Waals surface area contributed by atoms with Crippen LogP contribution in [0.4, 0.5) is 0 Å². The topological polar surface area (TPSA) is 84.3 Å². The molecule has 3 aromatic rings. The number of amides is 3. The lowest BCUT2D eigenvalue weighted by atomic mass is 9.98. The molecule has 0 saturated carbocycles. The van der Waals surface area contributed by atoms with Crippen LogP contribution in [0.1, 0.15) is 54.1 Å². The molecule has 0 radical (unpaired) electrons. The fourth-order valence-corrected chi connectivity index (χ4v) is 4.73. The summed E-state index contributed by atoms with van der Waals surface area (Å²) in [5.74, 6) is -0.389. The molecule has 3 amide bonds. The lowest BCUT2D eigenvalue weighted by Crippen LogP contribution is -2.52. The third-order valence-electron chi connectivity index (χ3n) is 6.58. The van der Waals surface area contributed by atoms with Gasteiger partial charge in [0.05, 0.1) is 17.7 Å². The van der Waals surface area contributed by atoms with Crippen molar-refractivity contribution in [3.8, 4) is 22.5 Å². The number of imidazole rings is 1. The van der Waals surface area contributed by atoms with Gasteiger partial charge in [-0.3, -0.25) is 19.7 Å². The number of fused-ring (bicyclic) bond motifs is 1. The van der Waals surface area contributed by atoms with E-state index in [-0.39, 0.29) is 18.2 Å². The zero-order chi connectivity index (χ0) is 23.3. The Balaban J connectivity index is 1.47. The second-order valence-electron chi connectivity index (χ2n) is 9.10. The van der Waals surface area contributed by atoms with Crippen LogP contribution < -0.4 is 5.32 Å². The van der Waals surface area contributed by atoms with Crippen molar-refractivity contribution in [2.45, 2.75) is 45.2 Å². The fraction of sp³-hybridized carbons (Fsp3) is 0.308. The van der Waals surface area contributed by atoms with E-state index in [0.717, 1.165) is 28.1 Å². The molecule has 0 bridgehead atoms. The highest BCUT2D eigenvalue weighted by atomic mass is 16.2. The average Bonchev–Trinajstić information content (AvgIpc) is 3.33. The Kier molecular flexibility index (Phi) is 5.12. The van der Waals surface area contributed by atoms with Crippen molar-refractivity contribution in [3.63, 3.8) is 0 Å². The van der Waals surface area contributed by atoms with Crippen molar-refractivity contribution in [3.05, 3.63) is 65.5 Å².